The molecule has 138 valence electrons. The zero-order valence-electron chi connectivity index (χ0n) is 14.9. The molecule has 0 spiro atoms. The van der Waals surface area contributed by atoms with Crippen molar-refractivity contribution in [2.24, 2.45) is 0 Å². The second kappa shape index (κ2) is 8.64. The van der Waals surface area contributed by atoms with E-state index in [0.717, 1.165) is 11.3 Å². The number of carbonyl (C=O) groups excluding carboxylic acids is 1. The SMILES string of the molecule is C=CCNS(=O)(=O)c1cccc(C(=O)NCc2cccc(N(C)C)c2)c1. The average molecular weight is 373 g/mol. The summed E-state index contributed by atoms with van der Waals surface area (Å²) in [5.74, 6) is -0.332. The molecule has 7 heteroatoms. The number of nitrogens with one attached hydrogen (secondary N) is 2. The van der Waals surface area contributed by atoms with Crippen molar-refractivity contribution in [3.8, 4) is 0 Å². The lowest BCUT2D eigenvalue weighted by Gasteiger charge is -2.14. The number of benzene rings is 2. The topological polar surface area (TPSA) is 78.5 Å². The normalized spacial score (nSPS) is 11.0. The molecule has 2 aromatic rings. The van der Waals surface area contributed by atoms with Crippen LogP contribution in [0.25, 0.3) is 0 Å². The van der Waals surface area contributed by atoms with E-state index >= 15 is 0 Å². The van der Waals surface area contributed by atoms with Crippen molar-refractivity contribution in [1.82, 2.24) is 10.0 Å². The van der Waals surface area contributed by atoms with Crippen molar-refractivity contribution < 1.29 is 13.2 Å². The van der Waals surface area contributed by atoms with E-state index in [1.165, 1.54) is 18.2 Å². The minimum Gasteiger partial charge on any atom is -0.378 e. The highest BCUT2D eigenvalue weighted by atomic mass is 32.2. The first-order chi connectivity index (χ1) is 12.3. The predicted octanol–water partition coefficient (Wildman–Crippen LogP) is 2.15. The Labute approximate surface area is 154 Å². The van der Waals surface area contributed by atoms with E-state index in [1.54, 1.807) is 12.1 Å². The van der Waals surface area contributed by atoms with Gasteiger partial charge in [-0.05, 0) is 35.9 Å². The smallest absolute Gasteiger partial charge is 0.251 e. The number of anilines is 1. The molecule has 0 fully saturated rings. The molecule has 0 radical (unpaired) electrons. The van der Waals surface area contributed by atoms with Crippen LogP contribution in [0, 0.1) is 0 Å². The fourth-order valence-electron chi connectivity index (χ4n) is 2.29. The van der Waals surface area contributed by atoms with Crippen LogP contribution in [-0.4, -0.2) is 35.0 Å². The summed E-state index contributed by atoms with van der Waals surface area (Å²) in [6.07, 6.45) is 1.45. The summed E-state index contributed by atoms with van der Waals surface area (Å²) >= 11 is 0. The van der Waals surface area contributed by atoms with Crippen LogP contribution in [0.2, 0.25) is 0 Å². The minimum atomic E-state index is -3.67. The standard InChI is InChI=1S/C19H23N3O3S/c1-4-11-21-26(24,25)18-10-6-8-16(13-18)19(23)20-14-15-7-5-9-17(12-15)22(2)3/h4-10,12-13,21H,1,11,14H2,2-3H3,(H,20,23). The quantitative estimate of drug-likeness (QED) is 0.695. The Hall–Kier alpha value is -2.64. The number of carbonyl (C=O) groups is 1. The molecule has 0 aliphatic rings. The van der Waals surface area contributed by atoms with Gasteiger partial charge in [0, 0.05) is 38.4 Å². The first-order valence-corrected chi connectivity index (χ1v) is 9.57. The third-order valence-corrected chi connectivity index (χ3v) is 5.13. The first-order valence-electron chi connectivity index (χ1n) is 8.08. The van der Waals surface area contributed by atoms with Gasteiger partial charge in [-0.2, -0.15) is 0 Å². The highest BCUT2D eigenvalue weighted by molar-refractivity contribution is 7.89. The van der Waals surface area contributed by atoms with Gasteiger partial charge in [0.1, 0.15) is 0 Å². The Morgan fingerprint density at radius 1 is 1.15 bits per heavy atom. The first kappa shape index (κ1) is 19.7. The molecule has 2 rings (SSSR count). The molecule has 0 aliphatic carbocycles. The van der Waals surface area contributed by atoms with Crippen LogP contribution < -0.4 is 14.9 Å². The lowest BCUT2D eigenvalue weighted by Crippen LogP contribution is -2.25. The minimum absolute atomic E-state index is 0.0432. The molecule has 0 aromatic heterocycles. The van der Waals surface area contributed by atoms with E-state index in [2.05, 4.69) is 16.6 Å². The third kappa shape index (κ3) is 5.18. The monoisotopic (exact) mass is 373 g/mol. The number of hydrogen-bond acceptors (Lipinski definition) is 4. The zero-order valence-corrected chi connectivity index (χ0v) is 15.7. The van der Waals surface area contributed by atoms with Crippen LogP contribution in [0.4, 0.5) is 5.69 Å². The molecule has 2 N–H and O–H groups in total. The number of rotatable bonds is 8. The van der Waals surface area contributed by atoms with Gasteiger partial charge in [0.25, 0.3) is 5.91 Å². The fraction of sp³-hybridized carbons (Fsp3) is 0.211. The molecular formula is C19H23N3O3S. The van der Waals surface area contributed by atoms with E-state index in [1.807, 2.05) is 43.3 Å². The van der Waals surface area contributed by atoms with Crippen LogP contribution in [0.3, 0.4) is 0 Å². The Morgan fingerprint density at radius 2 is 1.88 bits per heavy atom. The van der Waals surface area contributed by atoms with Crippen molar-refractivity contribution in [2.75, 3.05) is 25.5 Å². The fourth-order valence-corrected chi connectivity index (χ4v) is 3.33. The van der Waals surface area contributed by atoms with Crippen molar-refractivity contribution in [1.29, 1.82) is 0 Å². The Bertz CT molecular complexity index is 892. The summed E-state index contributed by atoms with van der Waals surface area (Å²) in [4.78, 5) is 14.4. The predicted molar refractivity (Wildman–Crippen MR) is 104 cm³/mol. The van der Waals surface area contributed by atoms with Gasteiger partial charge in [0.05, 0.1) is 4.90 Å². The molecule has 6 nitrogen and oxygen atoms in total. The molecule has 0 saturated heterocycles. The van der Waals surface area contributed by atoms with Crippen molar-refractivity contribution >= 4 is 21.6 Å². The van der Waals surface area contributed by atoms with Crippen molar-refractivity contribution in [3.05, 3.63) is 72.3 Å². The van der Waals surface area contributed by atoms with E-state index in [0.29, 0.717) is 6.54 Å². The summed E-state index contributed by atoms with van der Waals surface area (Å²) in [6, 6.07) is 13.8. The second-order valence-corrected chi connectivity index (χ2v) is 7.68. The Kier molecular flexibility index (Phi) is 6.54. The summed E-state index contributed by atoms with van der Waals surface area (Å²) < 4.78 is 26.7. The molecule has 1 amide bonds. The number of hydrogen-bond donors (Lipinski definition) is 2. The van der Waals surface area contributed by atoms with Gasteiger partial charge in [-0.25, -0.2) is 13.1 Å². The lowest BCUT2D eigenvalue weighted by atomic mass is 10.1. The second-order valence-electron chi connectivity index (χ2n) is 5.92. The molecule has 2 aromatic carbocycles. The molecule has 0 aliphatic heterocycles. The van der Waals surface area contributed by atoms with Gasteiger partial charge in [0.15, 0.2) is 0 Å². The molecule has 0 atom stereocenters. The summed E-state index contributed by atoms with van der Waals surface area (Å²) in [5.41, 5.74) is 2.29. The van der Waals surface area contributed by atoms with Gasteiger partial charge >= 0.3 is 0 Å². The summed E-state index contributed by atoms with van der Waals surface area (Å²) in [7, 11) is 0.229. The van der Waals surface area contributed by atoms with E-state index in [9.17, 15) is 13.2 Å². The van der Waals surface area contributed by atoms with Gasteiger partial charge in [-0.1, -0.05) is 24.3 Å². The van der Waals surface area contributed by atoms with Crippen LogP contribution >= 0.6 is 0 Å². The average Bonchev–Trinajstić information content (AvgIpc) is 2.64. The Morgan fingerprint density at radius 3 is 2.58 bits per heavy atom. The molecule has 0 bridgehead atoms. The van der Waals surface area contributed by atoms with E-state index in [4.69, 9.17) is 0 Å². The zero-order chi connectivity index (χ0) is 19.2. The molecule has 0 heterocycles. The van der Waals surface area contributed by atoms with Crippen LogP contribution in [0.1, 0.15) is 15.9 Å². The maximum atomic E-state index is 12.4. The van der Waals surface area contributed by atoms with E-state index in [-0.39, 0.29) is 22.9 Å². The highest BCUT2D eigenvalue weighted by Crippen LogP contribution is 2.14. The van der Waals surface area contributed by atoms with Crippen molar-refractivity contribution in [2.45, 2.75) is 11.4 Å². The van der Waals surface area contributed by atoms with Crippen LogP contribution in [0.15, 0.2) is 66.1 Å². The lowest BCUT2D eigenvalue weighted by molar-refractivity contribution is 0.0950. The van der Waals surface area contributed by atoms with Gasteiger partial charge in [-0.3, -0.25) is 4.79 Å². The number of amides is 1. The third-order valence-electron chi connectivity index (χ3n) is 3.70. The number of sulfonamides is 1. The molecule has 0 saturated carbocycles. The van der Waals surface area contributed by atoms with Gasteiger partial charge in [-0.15, -0.1) is 6.58 Å². The van der Waals surface area contributed by atoms with Crippen molar-refractivity contribution in [3.63, 3.8) is 0 Å². The van der Waals surface area contributed by atoms with E-state index < -0.39 is 10.0 Å². The molecular weight excluding hydrogens is 350 g/mol. The maximum Gasteiger partial charge on any atom is 0.251 e. The van der Waals surface area contributed by atoms with Gasteiger partial charge < -0.3 is 10.2 Å². The number of nitrogens with zero attached hydrogens (tertiary/aromatic N) is 1. The van der Waals surface area contributed by atoms with Gasteiger partial charge in [0.2, 0.25) is 10.0 Å². The largest absolute Gasteiger partial charge is 0.378 e. The summed E-state index contributed by atoms with van der Waals surface area (Å²) in [5, 5.41) is 2.81. The Balaban J connectivity index is 2.09. The highest BCUT2D eigenvalue weighted by Gasteiger charge is 2.15. The maximum absolute atomic E-state index is 12.4. The van der Waals surface area contributed by atoms with Crippen LogP contribution in [-0.2, 0) is 16.6 Å². The molecule has 26 heavy (non-hydrogen) atoms. The molecule has 0 unspecified atom stereocenters. The summed E-state index contributed by atoms with van der Waals surface area (Å²) in [6.45, 7) is 3.96. The van der Waals surface area contributed by atoms with Crippen LogP contribution in [0.5, 0.6) is 0 Å².